The second-order valence-corrected chi connectivity index (χ2v) is 4.19. The van der Waals surface area contributed by atoms with Gasteiger partial charge in [-0.2, -0.15) is 10.1 Å². The highest BCUT2D eigenvalue weighted by molar-refractivity contribution is 14.1. The normalized spacial score (nSPS) is 15.3. The summed E-state index contributed by atoms with van der Waals surface area (Å²) in [4.78, 5) is 11.4. The molecule has 3 nitrogen and oxygen atoms in total. The van der Waals surface area contributed by atoms with Crippen LogP contribution in [-0.4, -0.2) is 12.1 Å². The molecule has 0 spiro atoms. The maximum Gasteiger partial charge on any atom is 0.252 e. The van der Waals surface area contributed by atoms with E-state index < -0.39 is 0 Å². The van der Waals surface area contributed by atoms with E-state index in [9.17, 15) is 4.79 Å². The van der Waals surface area contributed by atoms with Crippen LogP contribution < -0.4 is 5.01 Å². The van der Waals surface area contributed by atoms with Crippen LogP contribution in [0.15, 0.2) is 23.3 Å². The van der Waals surface area contributed by atoms with Gasteiger partial charge in [0, 0.05) is 9.78 Å². The molecule has 1 heterocycles. The number of aryl methyl sites for hydroxylation is 1. The monoisotopic (exact) mass is 300 g/mol. The van der Waals surface area contributed by atoms with E-state index in [-0.39, 0.29) is 5.91 Å². The first-order chi connectivity index (χ1) is 6.70. The number of benzene rings is 1. The first-order valence-electron chi connectivity index (χ1n) is 4.30. The van der Waals surface area contributed by atoms with Crippen LogP contribution in [0.1, 0.15) is 12.0 Å². The van der Waals surface area contributed by atoms with Crippen LogP contribution in [0, 0.1) is 10.5 Å². The lowest BCUT2D eigenvalue weighted by atomic mass is 10.2. The summed E-state index contributed by atoms with van der Waals surface area (Å²) < 4.78 is 1.08. The number of halogens is 1. The molecule has 1 amide bonds. The Morgan fingerprint density at radius 2 is 2.29 bits per heavy atom. The summed E-state index contributed by atoms with van der Waals surface area (Å²) >= 11 is 2.24. The van der Waals surface area contributed by atoms with Crippen molar-refractivity contribution in [3.63, 3.8) is 0 Å². The molecule has 1 aromatic carbocycles. The standard InChI is InChI=1S/C10H9IN2O/c1-7-3-2-4-8(10(7)11)13-9(14)5-6-12-13/h2-4,6H,5H2,1H3. The van der Waals surface area contributed by atoms with Crippen molar-refractivity contribution in [1.82, 2.24) is 0 Å². The van der Waals surface area contributed by atoms with Crippen LogP contribution >= 0.6 is 22.6 Å². The predicted octanol–water partition coefficient (Wildman–Crippen LogP) is 2.32. The second kappa shape index (κ2) is 3.68. The molecule has 0 atom stereocenters. The van der Waals surface area contributed by atoms with Crippen molar-refractivity contribution in [2.45, 2.75) is 13.3 Å². The molecule has 1 aromatic rings. The van der Waals surface area contributed by atoms with Crippen molar-refractivity contribution in [1.29, 1.82) is 0 Å². The number of nitrogens with zero attached hydrogens (tertiary/aromatic N) is 2. The fraction of sp³-hybridized carbons (Fsp3) is 0.200. The summed E-state index contributed by atoms with van der Waals surface area (Å²) in [7, 11) is 0. The SMILES string of the molecule is Cc1cccc(N2N=CCC2=O)c1I. The van der Waals surface area contributed by atoms with Gasteiger partial charge in [-0.05, 0) is 41.1 Å². The quantitative estimate of drug-likeness (QED) is 0.733. The Kier molecular flexibility index (Phi) is 2.54. The van der Waals surface area contributed by atoms with Crippen LogP contribution in [0.25, 0.3) is 0 Å². The van der Waals surface area contributed by atoms with Crippen LogP contribution in [0.2, 0.25) is 0 Å². The Bertz CT molecular complexity index is 415. The summed E-state index contributed by atoms with van der Waals surface area (Å²) in [6.45, 7) is 2.02. The second-order valence-electron chi connectivity index (χ2n) is 3.12. The summed E-state index contributed by atoms with van der Waals surface area (Å²) in [6.07, 6.45) is 2.05. The molecule has 0 bridgehead atoms. The Morgan fingerprint density at radius 1 is 1.50 bits per heavy atom. The van der Waals surface area contributed by atoms with Gasteiger partial charge in [0.15, 0.2) is 0 Å². The van der Waals surface area contributed by atoms with Crippen molar-refractivity contribution in [2.24, 2.45) is 5.10 Å². The van der Waals surface area contributed by atoms with E-state index in [2.05, 4.69) is 27.7 Å². The van der Waals surface area contributed by atoms with Crippen molar-refractivity contribution in [3.05, 3.63) is 27.3 Å². The number of amides is 1. The molecule has 72 valence electrons. The van der Waals surface area contributed by atoms with Gasteiger partial charge in [0.2, 0.25) is 0 Å². The number of hydrogen-bond donors (Lipinski definition) is 0. The highest BCUT2D eigenvalue weighted by atomic mass is 127. The molecular formula is C10H9IN2O. The zero-order valence-corrected chi connectivity index (χ0v) is 9.85. The van der Waals surface area contributed by atoms with Crippen LogP contribution in [-0.2, 0) is 4.79 Å². The van der Waals surface area contributed by atoms with E-state index in [0.717, 1.165) is 14.8 Å². The molecule has 4 heteroatoms. The van der Waals surface area contributed by atoms with E-state index in [1.54, 1.807) is 6.21 Å². The molecule has 2 rings (SSSR count). The fourth-order valence-electron chi connectivity index (χ4n) is 1.34. The Hall–Kier alpha value is -0.910. The first kappa shape index (κ1) is 9.64. The molecule has 0 aromatic heterocycles. The molecule has 0 radical (unpaired) electrons. The minimum absolute atomic E-state index is 0.0357. The van der Waals surface area contributed by atoms with Gasteiger partial charge in [-0.15, -0.1) is 0 Å². The van der Waals surface area contributed by atoms with Gasteiger partial charge < -0.3 is 0 Å². The van der Waals surface area contributed by atoms with E-state index in [1.807, 2.05) is 25.1 Å². The first-order valence-corrected chi connectivity index (χ1v) is 5.38. The molecule has 1 aliphatic heterocycles. The average Bonchev–Trinajstić information content (AvgIpc) is 2.57. The molecule has 0 aliphatic carbocycles. The number of anilines is 1. The minimum atomic E-state index is 0.0357. The summed E-state index contributed by atoms with van der Waals surface area (Å²) in [5.74, 6) is 0.0357. The van der Waals surface area contributed by atoms with Gasteiger partial charge in [0.25, 0.3) is 5.91 Å². The average molecular weight is 300 g/mol. The van der Waals surface area contributed by atoms with Gasteiger partial charge in [-0.25, -0.2) is 0 Å². The summed E-state index contributed by atoms with van der Waals surface area (Å²) in [5, 5.41) is 5.51. The molecule has 14 heavy (non-hydrogen) atoms. The molecule has 0 N–H and O–H groups in total. The third-order valence-corrected chi connectivity index (χ3v) is 3.50. The Labute approximate surface area is 95.9 Å². The van der Waals surface area contributed by atoms with Crippen molar-refractivity contribution < 1.29 is 4.79 Å². The highest BCUT2D eigenvalue weighted by Crippen LogP contribution is 2.27. The zero-order chi connectivity index (χ0) is 10.1. The fourth-order valence-corrected chi connectivity index (χ4v) is 1.93. The van der Waals surface area contributed by atoms with E-state index in [1.165, 1.54) is 5.01 Å². The highest BCUT2D eigenvalue weighted by Gasteiger charge is 2.20. The van der Waals surface area contributed by atoms with Gasteiger partial charge in [0.05, 0.1) is 12.1 Å². The number of hydrogen-bond acceptors (Lipinski definition) is 2. The molecule has 0 saturated carbocycles. The lowest BCUT2D eigenvalue weighted by molar-refractivity contribution is -0.116. The van der Waals surface area contributed by atoms with E-state index >= 15 is 0 Å². The van der Waals surface area contributed by atoms with Gasteiger partial charge >= 0.3 is 0 Å². The summed E-state index contributed by atoms with van der Waals surface area (Å²) in [6, 6.07) is 5.87. The molecular weight excluding hydrogens is 291 g/mol. The van der Waals surface area contributed by atoms with Crippen molar-refractivity contribution >= 4 is 40.4 Å². The third kappa shape index (κ3) is 1.54. The third-order valence-electron chi connectivity index (χ3n) is 2.10. The van der Waals surface area contributed by atoms with E-state index in [0.29, 0.717) is 6.42 Å². The van der Waals surface area contributed by atoms with Gasteiger partial charge in [-0.3, -0.25) is 4.79 Å². The van der Waals surface area contributed by atoms with Gasteiger partial charge in [-0.1, -0.05) is 12.1 Å². The maximum atomic E-state index is 11.4. The molecule has 0 saturated heterocycles. The Balaban J connectivity index is 2.46. The molecule has 0 fully saturated rings. The number of carbonyl (C=O) groups is 1. The topological polar surface area (TPSA) is 32.7 Å². The number of hydrazone groups is 1. The Morgan fingerprint density at radius 3 is 2.93 bits per heavy atom. The lowest BCUT2D eigenvalue weighted by Crippen LogP contribution is -2.20. The smallest absolute Gasteiger partial charge is 0.252 e. The van der Waals surface area contributed by atoms with Crippen LogP contribution in [0.5, 0.6) is 0 Å². The molecule has 0 unspecified atom stereocenters. The van der Waals surface area contributed by atoms with Crippen LogP contribution in [0.3, 0.4) is 0 Å². The maximum absolute atomic E-state index is 11.4. The largest absolute Gasteiger partial charge is 0.272 e. The minimum Gasteiger partial charge on any atom is -0.272 e. The van der Waals surface area contributed by atoms with Crippen molar-refractivity contribution in [3.8, 4) is 0 Å². The zero-order valence-electron chi connectivity index (χ0n) is 7.70. The summed E-state index contributed by atoms with van der Waals surface area (Å²) in [5.41, 5.74) is 2.04. The predicted molar refractivity (Wildman–Crippen MR) is 64.5 cm³/mol. The van der Waals surface area contributed by atoms with E-state index in [4.69, 9.17) is 0 Å². The van der Waals surface area contributed by atoms with Gasteiger partial charge in [0.1, 0.15) is 0 Å². The molecule has 1 aliphatic rings. The van der Waals surface area contributed by atoms with Crippen LogP contribution in [0.4, 0.5) is 5.69 Å². The number of rotatable bonds is 1. The van der Waals surface area contributed by atoms with Crippen molar-refractivity contribution in [2.75, 3.05) is 5.01 Å². The lowest BCUT2D eigenvalue weighted by Gasteiger charge is -2.14. The number of carbonyl (C=O) groups excluding carboxylic acids is 1.